The molecule has 92 valence electrons. The van der Waals surface area contributed by atoms with Gasteiger partial charge in [0.05, 0.1) is 17.3 Å². The molecule has 0 spiro atoms. The summed E-state index contributed by atoms with van der Waals surface area (Å²) in [5.41, 5.74) is 0.319. The van der Waals surface area contributed by atoms with Gasteiger partial charge in [-0.15, -0.1) is 0 Å². The highest BCUT2D eigenvalue weighted by atomic mass is 16.4. The average molecular weight is 243 g/mol. The van der Waals surface area contributed by atoms with E-state index in [2.05, 4.69) is 4.98 Å². The number of carbonyl (C=O) groups is 1. The molecule has 1 fully saturated rings. The number of hydrogen-bond acceptors (Lipinski definition) is 3. The van der Waals surface area contributed by atoms with Crippen LogP contribution in [-0.4, -0.2) is 27.3 Å². The summed E-state index contributed by atoms with van der Waals surface area (Å²) in [5, 5.41) is 19.8. The molecule has 18 heavy (non-hydrogen) atoms. The van der Waals surface area contributed by atoms with Crippen molar-refractivity contribution in [1.82, 2.24) is 4.98 Å². The van der Waals surface area contributed by atoms with Crippen molar-refractivity contribution in [2.45, 2.75) is 24.4 Å². The summed E-state index contributed by atoms with van der Waals surface area (Å²) in [6.07, 6.45) is -0.0455. The molecular formula is C14H13NO3. The summed E-state index contributed by atoms with van der Waals surface area (Å²) in [4.78, 5) is 15.9. The Hall–Kier alpha value is -1.94. The first-order valence-electron chi connectivity index (χ1n) is 5.89. The molecule has 0 amide bonds. The maximum Gasteiger partial charge on any atom is 0.315 e. The second-order valence-electron chi connectivity index (χ2n) is 4.84. The molecule has 1 aliphatic carbocycles. The first-order chi connectivity index (χ1) is 8.62. The number of aliphatic hydroxyl groups is 1. The SMILES string of the molecule is O=C(O)C1(c2ccc3ccccc3n2)CC(O)C1. The zero-order valence-corrected chi connectivity index (χ0v) is 9.71. The van der Waals surface area contributed by atoms with Gasteiger partial charge in [-0.3, -0.25) is 9.78 Å². The highest BCUT2D eigenvalue weighted by Gasteiger charge is 2.52. The van der Waals surface area contributed by atoms with Gasteiger partial charge >= 0.3 is 5.97 Å². The number of carboxylic acid groups (broad SMARTS) is 1. The van der Waals surface area contributed by atoms with E-state index in [9.17, 15) is 15.0 Å². The molecule has 0 aliphatic heterocycles. The number of aliphatic carboxylic acids is 1. The molecule has 1 aromatic heterocycles. The number of aromatic nitrogens is 1. The van der Waals surface area contributed by atoms with E-state index >= 15 is 0 Å². The van der Waals surface area contributed by atoms with Crippen molar-refractivity contribution in [3.8, 4) is 0 Å². The Kier molecular flexibility index (Phi) is 2.35. The van der Waals surface area contributed by atoms with Crippen molar-refractivity contribution < 1.29 is 15.0 Å². The Labute approximate surface area is 104 Å². The van der Waals surface area contributed by atoms with Crippen molar-refractivity contribution in [1.29, 1.82) is 0 Å². The van der Waals surface area contributed by atoms with Gasteiger partial charge in [0, 0.05) is 5.39 Å². The Balaban J connectivity index is 2.11. The third-order valence-electron chi connectivity index (χ3n) is 3.67. The van der Waals surface area contributed by atoms with Crippen LogP contribution in [0.5, 0.6) is 0 Å². The van der Waals surface area contributed by atoms with Gasteiger partial charge in [-0.05, 0) is 25.0 Å². The molecule has 0 unspecified atom stereocenters. The molecule has 1 heterocycles. The number of benzene rings is 1. The number of pyridine rings is 1. The highest BCUT2D eigenvalue weighted by Crippen LogP contribution is 2.43. The molecule has 4 heteroatoms. The van der Waals surface area contributed by atoms with Crippen LogP contribution in [0.1, 0.15) is 18.5 Å². The van der Waals surface area contributed by atoms with Crippen LogP contribution >= 0.6 is 0 Å². The van der Waals surface area contributed by atoms with Crippen LogP contribution in [0.25, 0.3) is 10.9 Å². The molecule has 2 N–H and O–H groups in total. The van der Waals surface area contributed by atoms with E-state index in [0.29, 0.717) is 5.69 Å². The topological polar surface area (TPSA) is 70.4 Å². The molecule has 0 saturated heterocycles. The highest BCUT2D eigenvalue weighted by molar-refractivity contribution is 5.84. The van der Waals surface area contributed by atoms with Gasteiger partial charge in [-0.2, -0.15) is 0 Å². The number of hydrogen-bond donors (Lipinski definition) is 2. The smallest absolute Gasteiger partial charge is 0.315 e. The summed E-state index contributed by atoms with van der Waals surface area (Å²) in [5.74, 6) is -0.907. The monoisotopic (exact) mass is 243 g/mol. The van der Waals surface area contributed by atoms with E-state index in [1.54, 1.807) is 6.07 Å². The summed E-state index contributed by atoms with van der Waals surface area (Å²) < 4.78 is 0. The van der Waals surface area contributed by atoms with Crippen molar-refractivity contribution in [3.05, 3.63) is 42.1 Å². The average Bonchev–Trinajstić information content (AvgIpc) is 2.34. The maximum atomic E-state index is 11.4. The number of para-hydroxylation sites is 1. The van der Waals surface area contributed by atoms with Crippen molar-refractivity contribution in [3.63, 3.8) is 0 Å². The molecule has 0 atom stereocenters. The molecule has 4 nitrogen and oxygen atoms in total. The van der Waals surface area contributed by atoms with Crippen molar-refractivity contribution in [2.24, 2.45) is 0 Å². The largest absolute Gasteiger partial charge is 0.481 e. The van der Waals surface area contributed by atoms with Gasteiger partial charge in [0.15, 0.2) is 0 Å². The summed E-state index contributed by atoms with van der Waals surface area (Å²) >= 11 is 0. The van der Waals surface area contributed by atoms with Gasteiger partial charge in [-0.25, -0.2) is 0 Å². The predicted molar refractivity (Wildman–Crippen MR) is 66.3 cm³/mol. The Bertz CT molecular complexity index is 617. The van der Waals surface area contributed by atoms with Gasteiger partial charge in [0.1, 0.15) is 5.41 Å². The fourth-order valence-corrected chi connectivity index (χ4v) is 2.57. The van der Waals surface area contributed by atoms with Crippen molar-refractivity contribution in [2.75, 3.05) is 0 Å². The minimum Gasteiger partial charge on any atom is -0.481 e. The van der Waals surface area contributed by atoms with Crippen LogP contribution in [0.3, 0.4) is 0 Å². The molecule has 1 aromatic carbocycles. The number of fused-ring (bicyclic) bond motifs is 1. The summed E-state index contributed by atoms with van der Waals surface area (Å²) in [7, 11) is 0. The fraction of sp³-hybridized carbons (Fsp3) is 0.286. The van der Waals surface area contributed by atoms with Crippen molar-refractivity contribution >= 4 is 16.9 Å². The quantitative estimate of drug-likeness (QED) is 0.842. The first-order valence-corrected chi connectivity index (χ1v) is 5.89. The zero-order chi connectivity index (χ0) is 12.8. The molecule has 3 rings (SSSR count). The van der Waals surface area contributed by atoms with E-state index in [4.69, 9.17) is 0 Å². The van der Waals surface area contributed by atoms with E-state index in [0.717, 1.165) is 10.9 Å². The number of aliphatic hydroxyl groups excluding tert-OH is 1. The van der Waals surface area contributed by atoms with Crippen LogP contribution in [0, 0.1) is 0 Å². The minimum absolute atomic E-state index is 0.244. The number of nitrogens with zero attached hydrogens (tertiary/aromatic N) is 1. The molecule has 2 aromatic rings. The minimum atomic E-state index is -1.01. The normalized spacial score (nSPS) is 26.8. The Morgan fingerprint density at radius 1 is 1.22 bits per heavy atom. The third-order valence-corrected chi connectivity index (χ3v) is 3.67. The van der Waals surface area contributed by atoms with E-state index in [1.807, 2.05) is 30.3 Å². The molecule has 1 saturated carbocycles. The Morgan fingerprint density at radius 2 is 1.94 bits per heavy atom. The van der Waals surface area contributed by atoms with Crippen LogP contribution < -0.4 is 0 Å². The number of rotatable bonds is 2. The van der Waals surface area contributed by atoms with Crippen LogP contribution in [-0.2, 0) is 10.2 Å². The fourth-order valence-electron chi connectivity index (χ4n) is 2.57. The van der Waals surface area contributed by atoms with Gasteiger partial charge in [0.25, 0.3) is 0 Å². The third kappa shape index (κ3) is 1.49. The summed E-state index contributed by atoms with van der Waals surface area (Å²) in [6, 6.07) is 11.2. The second-order valence-corrected chi connectivity index (χ2v) is 4.84. The molecule has 0 bridgehead atoms. The van der Waals surface area contributed by atoms with Gasteiger partial charge in [0.2, 0.25) is 0 Å². The molecular weight excluding hydrogens is 230 g/mol. The van der Waals surface area contributed by atoms with E-state index in [1.165, 1.54) is 0 Å². The van der Waals surface area contributed by atoms with Gasteiger partial charge in [-0.1, -0.05) is 24.3 Å². The number of carboxylic acids is 1. The standard InChI is InChI=1S/C14H13NO3/c16-10-7-14(8-10,13(17)18)12-6-5-9-3-1-2-4-11(9)15-12/h1-6,10,16H,7-8H2,(H,17,18). The molecule has 0 radical (unpaired) electrons. The lowest BCUT2D eigenvalue weighted by molar-refractivity contribution is -0.153. The van der Waals surface area contributed by atoms with Crippen LogP contribution in [0.15, 0.2) is 36.4 Å². The van der Waals surface area contributed by atoms with E-state index in [-0.39, 0.29) is 12.8 Å². The van der Waals surface area contributed by atoms with Crippen LogP contribution in [0.4, 0.5) is 0 Å². The summed E-state index contributed by atoms with van der Waals surface area (Å²) in [6.45, 7) is 0. The predicted octanol–water partition coefficient (Wildman–Crippen LogP) is 1.71. The Morgan fingerprint density at radius 3 is 2.61 bits per heavy atom. The maximum absolute atomic E-state index is 11.4. The lowest BCUT2D eigenvalue weighted by Gasteiger charge is -2.41. The van der Waals surface area contributed by atoms with Crippen LogP contribution in [0.2, 0.25) is 0 Å². The lowest BCUT2D eigenvalue weighted by Crippen LogP contribution is -2.51. The lowest BCUT2D eigenvalue weighted by atomic mass is 9.64. The molecule has 1 aliphatic rings. The second kappa shape index (κ2) is 3.78. The van der Waals surface area contributed by atoms with Gasteiger partial charge < -0.3 is 10.2 Å². The first kappa shape index (κ1) is 11.2. The zero-order valence-electron chi connectivity index (χ0n) is 9.71. The van der Waals surface area contributed by atoms with E-state index < -0.39 is 17.5 Å².